The van der Waals surface area contributed by atoms with Gasteiger partial charge in [0.25, 0.3) is 0 Å². The van der Waals surface area contributed by atoms with Crippen LogP contribution in [0.4, 0.5) is 0 Å². The Kier molecular flexibility index (Phi) is 4.56. The summed E-state index contributed by atoms with van der Waals surface area (Å²) in [6.45, 7) is 0.792. The summed E-state index contributed by atoms with van der Waals surface area (Å²) >= 11 is 4.38. The molecule has 3 nitrogen and oxygen atoms in total. The minimum atomic E-state index is 0.247. The topological polar surface area (TPSA) is 33.2 Å². The van der Waals surface area contributed by atoms with Gasteiger partial charge in [-0.25, -0.2) is 0 Å². The van der Waals surface area contributed by atoms with Crippen molar-refractivity contribution in [2.24, 2.45) is 0 Å². The number of pyridine rings is 1. The number of carbonyl (C=O) groups is 1. The maximum absolute atomic E-state index is 11.9. The Morgan fingerprint density at radius 1 is 1.37 bits per heavy atom. The van der Waals surface area contributed by atoms with Crippen LogP contribution >= 0.6 is 12.6 Å². The number of ketones is 1. The second-order valence-electron chi connectivity index (χ2n) is 4.96. The lowest BCUT2D eigenvalue weighted by Gasteiger charge is -2.08. The number of hydrogen-bond acceptors (Lipinski definition) is 4. The van der Waals surface area contributed by atoms with Gasteiger partial charge in [-0.15, -0.1) is 12.6 Å². The lowest BCUT2D eigenvalue weighted by molar-refractivity contribution is -0.118. The van der Waals surface area contributed by atoms with Gasteiger partial charge in [0, 0.05) is 35.9 Å². The van der Waals surface area contributed by atoms with Crippen molar-refractivity contribution in [1.82, 2.24) is 9.88 Å². The molecule has 1 heterocycles. The second-order valence-corrected chi connectivity index (χ2v) is 5.44. The minimum Gasteiger partial charge on any atom is -0.309 e. The van der Waals surface area contributed by atoms with Gasteiger partial charge in [0.05, 0.1) is 5.52 Å². The van der Waals surface area contributed by atoms with Crippen molar-refractivity contribution in [3.05, 3.63) is 36.0 Å². The lowest BCUT2D eigenvalue weighted by atomic mass is 10.1. The Labute approximate surface area is 119 Å². The summed E-state index contributed by atoms with van der Waals surface area (Å²) in [6.07, 6.45) is 2.81. The average molecular weight is 274 g/mol. The molecule has 1 aromatic heterocycles. The highest BCUT2D eigenvalue weighted by Gasteiger charge is 2.06. The first-order valence-corrected chi connectivity index (χ1v) is 6.74. The van der Waals surface area contributed by atoms with Crippen LogP contribution in [0.3, 0.4) is 0 Å². The quantitative estimate of drug-likeness (QED) is 0.851. The van der Waals surface area contributed by atoms with E-state index >= 15 is 0 Å². The van der Waals surface area contributed by atoms with E-state index in [1.807, 2.05) is 43.3 Å². The van der Waals surface area contributed by atoms with Crippen molar-refractivity contribution < 1.29 is 4.79 Å². The van der Waals surface area contributed by atoms with E-state index in [-0.39, 0.29) is 5.78 Å². The number of para-hydroxylation sites is 1. The van der Waals surface area contributed by atoms with Crippen molar-refractivity contribution in [3.8, 4) is 0 Å². The molecule has 0 radical (unpaired) electrons. The zero-order valence-electron chi connectivity index (χ0n) is 11.3. The summed E-state index contributed by atoms with van der Waals surface area (Å²) in [5.74, 6) is 0.247. The SMILES string of the molecule is CN(C)CCC(=O)Cc1cnc2c(S)cccc2c1. The van der Waals surface area contributed by atoms with E-state index in [0.717, 1.165) is 27.9 Å². The molecular weight excluding hydrogens is 256 g/mol. The van der Waals surface area contributed by atoms with Crippen molar-refractivity contribution in [2.45, 2.75) is 17.7 Å². The summed E-state index contributed by atoms with van der Waals surface area (Å²) in [7, 11) is 3.94. The maximum Gasteiger partial charge on any atom is 0.138 e. The fraction of sp³-hybridized carbons (Fsp3) is 0.333. The number of hydrogen-bond donors (Lipinski definition) is 1. The molecule has 0 aliphatic carbocycles. The molecule has 0 N–H and O–H groups in total. The van der Waals surface area contributed by atoms with Crippen LogP contribution < -0.4 is 0 Å². The number of carbonyl (C=O) groups excluding carboxylic acids is 1. The van der Waals surface area contributed by atoms with Crippen molar-refractivity contribution in [2.75, 3.05) is 20.6 Å². The van der Waals surface area contributed by atoms with Crippen LogP contribution in [0, 0.1) is 0 Å². The Morgan fingerprint density at radius 2 is 2.16 bits per heavy atom. The number of Topliss-reactive ketones (excluding diaryl/α,β-unsaturated/α-hetero) is 1. The molecule has 0 unspecified atom stereocenters. The van der Waals surface area contributed by atoms with Gasteiger partial charge in [0.2, 0.25) is 0 Å². The minimum absolute atomic E-state index is 0.247. The van der Waals surface area contributed by atoms with E-state index < -0.39 is 0 Å². The average Bonchev–Trinajstić information content (AvgIpc) is 2.36. The van der Waals surface area contributed by atoms with Crippen molar-refractivity contribution in [1.29, 1.82) is 0 Å². The molecule has 2 rings (SSSR count). The Morgan fingerprint density at radius 3 is 2.89 bits per heavy atom. The monoisotopic (exact) mass is 274 g/mol. The summed E-state index contributed by atoms with van der Waals surface area (Å²) in [5.41, 5.74) is 1.85. The standard InChI is InChI=1S/C15H18N2OS/c1-17(2)7-6-13(18)9-11-8-12-4-3-5-14(19)15(12)16-10-11/h3-5,8,10,19H,6-7,9H2,1-2H3. The van der Waals surface area contributed by atoms with Crippen LogP contribution in [-0.4, -0.2) is 36.3 Å². The van der Waals surface area contributed by atoms with Crippen LogP contribution in [0.2, 0.25) is 0 Å². The third-order valence-corrected chi connectivity index (χ3v) is 3.35. The van der Waals surface area contributed by atoms with Crippen LogP contribution in [0.1, 0.15) is 12.0 Å². The summed E-state index contributed by atoms with van der Waals surface area (Å²) in [6, 6.07) is 7.88. The van der Waals surface area contributed by atoms with Crippen LogP contribution in [-0.2, 0) is 11.2 Å². The number of aromatic nitrogens is 1. The van der Waals surface area contributed by atoms with E-state index in [2.05, 4.69) is 17.6 Å². The number of fused-ring (bicyclic) bond motifs is 1. The summed E-state index contributed by atoms with van der Waals surface area (Å²) < 4.78 is 0. The molecular formula is C15H18N2OS. The number of rotatable bonds is 5. The first kappa shape index (κ1) is 14.0. The Hall–Kier alpha value is -1.39. The van der Waals surface area contributed by atoms with Gasteiger partial charge in [-0.05, 0) is 31.8 Å². The third-order valence-electron chi connectivity index (χ3n) is 2.99. The highest BCUT2D eigenvalue weighted by Crippen LogP contribution is 2.20. The molecule has 1 aromatic carbocycles. The molecule has 0 atom stereocenters. The predicted octanol–water partition coefficient (Wildman–Crippen LogP) is 2.59. The first-order chi connectivity index (χ1) is 9.06. The molecule has 4 heteroatoms. The maximum atomic E-state index is 11.9. The molecule has 0 spiro atoms. The molecule has 0 aliphatic heterocycles. The van der Waals surface area contributed by atoms with Gasteiger partial charge >= 0.3 is 0 Å². The van der Waals surface area contributed by atoms with Gasteiger partial charge in [-0.3, -0.25) is 9.78 Å². The van der Waals surface area contributed by atoms with Gasteiger partial charge in [-0.2, -0.15) is 0 Å². The number of nitrogens with zero attached hydrogens (tertiary/aromatic N) is 2. The first-order valence-electron chi connectivity index (χ1n) is 6.29. The van der Waals surface area contributed by atoms with Gasteiger partial charge in [-0.1, -0.05) is 12.1 Å². The largest absolute Gasteiger partial charge is 0.309 e. The zero-order chi connectivity index (χ0) is 13.8. The van der Waals surface area contributed by atoms with Crippen LogP contribution in [0.5, 0.6) is 0 Å². The van der Waals surface area contributed by atoms with Gasteiger partial charge in [0.1, 0.15) is 5.78 Å². The lowest BCUT2D eigenvalue weighted by Crippen LogP contribution is -2.17. The van der Waals surface area contributed by atoms with Crippen molar-refractivity contribution in [3.63, 3.8) is 0 Å². The summed E-state index contributed by atoms with van der Waals surface area (Å²) in [5, 5.41) is 1.03. The smallest absolute Gasteiger partial charge is 0.138 e. The molecule has 19 heavy (non-hydrogen) atoms. The zero-order valence-corrected chi connectivity index (χ0v) is 12.2. The normalized spacial score (nSPS) is 11.2. The fourth-order valence-corrected chi connectivity index (χ4v) is 2.22. The van der Waals surface area contributed by atoms with Crippen LogP contribution in [0.25, 0.3) is 10.9 Å². The fourth-order valence-electron chi connectivity index (χ4n) is 1.95. The molecule has 0 bridgehead atoms. The van der Waals surface area contributed by atoms with Crippen molar-refractivity contribution >= 4 is 29.3 Å². The third kappa shape index (κ3) is 3.78. The molecule has 2 aromatic rings. The highest BCUT2D eigenvalue weighted by atomic mass is 32.1. The molecule has 100 valence electrons. The molecule has 0 aliphatic rings. The predicted molar refractivity (Wildman–Crippen MR) is 80.9 cm³/mol. The van der Waals surface area contributed by atoms with E-state index in [1.54, 1.807) is 6.20 Å². The Balaban J connectivity index is 2.11. The van der Waals surface area contributed by atoms with E-state index in [4.69, 9.17) is 0 Å². The van der Waals surface area contributed by atoms with E-state index in [1.165, 1.54) is 0 Å². The number of thiol groups is 1. The highest BCUT2D eigenvalue weighted by molar-refractivity contribution is 7.80. The Bertz CT molecular complexity index is 596. The number of benzene rings is 1. The molecule has 0 amide bonds. The van der Waals surface area contributed by atoms with Crippen LogP contribution in [0.15, 0.2) is 35.4 Å². The molecule has 0 saturated carbocycles. The molecule has 0 fully saturated rings. The van der Waals surface area contributed by atoms with Gasteiger partial charge < -0.3 is 4.90 Å². The van der Waals surface area contributed by atoms with E-state index in [9.17, 15) is 4.79 Å². The second kappa shape index (κ2) is 6.17. The van der Waals surface area contributed by atoms with Gasteiger partial charge in [0.15, 0.2) is 0 Å². The van der Waals surface area contributed by atoms with E-state index in [0.29, 0.717) is 12.8 Å². The molecule has 0 saturated heterocycles. The summed E-state index contributed by atoms with van der Waals surface area (Å²) in [4.78, 5) is 19.1.